The number of ether oxygens (including phenoxy) is 1. The van der Waals surface area contributed by atoms with E-state index in [1.54, 1.807) is 0 Å². The van der Waals surface area contributed by atoms with E-state index < -0.39 is 0 Å². The first-order chi connectivity index (χ1) is 9.10. The van der Waals surface area contributed by atoms with Gasteiger partial charge in [-0.05, 0) is 59.0 Å². The molecule has 1 unspecified atom stereocenters. The van der Waals surface area contributed by atoms with E-state index in [1.807, 2.05) is 6.92 Å². The molecule has 1 saturated heterocycles. The molecule has 1 fully saturated rings. The molecule has 1 aliphatic heterocycles. The Labute approximate surface area is 117 Å². The minimum absolute atomic E-state index is 0.0624. The molecule has 0 spiro atoms. The van der Waals surface area contributed by atoms with Gasteiger partial charge in [0, 0.05) is 12.6 Å². The van der Waals surface area contributed by atoms with Gasteiger partial charge in [0.25, 0.3) is 0 Å². The van der Waals surface area contributed by atoms with E-state index in [9.17, 15) is 4.79 Å². The molecule has 0 aliphatic carbocycles. The van der Waals surface area contributed by atoms with Crippen molar-refractivity contribution in [3.63, 3.8) is 0 Å². The van der Waals surface area contributed by atoms with E-state index in [0.29, 0.717) is 18.6 Å². The van der Waals surface area contributed by atoms with Gasteiger partial charge in [-0.3, -0.25) is 9.69 Å². The molecular weight excluding hydrogens is 240 g/mol. The molecule has 0 aromatic heterocycles. The topological polar surface area (TPSA) is 41.6 Å². The highest BCUT2D eigenvalue weighted by Crippen LogP contribution is 2.19. The first-order valence-corrected chi connectivity index (χ1v) is 7.73. The van der Waals surface area contributed by atoms with E-state index in [0.717, 1.165) is 26.1 Å². The third-order valence-electron chi connectivity index (χ3n) is 3.94. The van der Waals surface area contributed by atoms with Crippen LogP contribution in [0.25, 0.3) is 0 Å². The van der Waals surface area contributed by atoms with Crippen LogP contribution >= 0.6 is 0 Å². The predicted molar refractivity (Wildman–Crippen MR) is 78.1 cm³/mol. The third kappa shape index (κ3) is 5.11. The Morgan fingerprint density at radius 2 is 1.95 bits per heavy atom. The normalized spacial score (nSPS) is 18.8. The number of hydrogen-bond acceptors (Lipinski definition) is 4. The number of rotatable bonds is 7. The minimum Gasteiger partial charge on any atom is -0.465 e. The molecular formula is C15H30N2O2. The lowest BCUT2D eigenvalue weighted by Crippen LogP contribution is -2.49. The van der Waals surface area contributed by atoms with Crippen molar-refractivity contribution in [3.8, 4) is 0 Å². The first-order valence-electron chi connectivity index (χ1n) is 7.73. The van der Waals surface area contributed by atoms with Crippen molar-refractivity contribution in [2.24, 2.45) is 5.92 Å². The Balaban J connectivity index is 2.64. The second-order valence-corrected chi connectivity index (χ2v) is 5.66. The summed E-state index contributed by atoms with van der Waals surface area (Å²) in [5.74, 6) is 0.639. The number of hydrogen-bond donors (Lipinski definition) is 1. The lowest BCUT2D eigenvalue weighted by atomic mass is 9.96. The highest BCUT2D eigenvalue weighted by atomic mass is 16.5. The molecule has 112 valence electrons. The van der Waals surface area contributed by atoms with Gasteiger partial charge in [-0.25, -0.2) is 0 Å². The maximum Gasteiger partial charge on any atom is 0.323 e. The van der Waals surface area contributed by atoms with Gasteiger partial charge in [-0.2, -0.15) is 0 Å². The molecule has 1 atom stereocenters. The lowest BCUT2D eigenvalue weighted by molar-refractivity contribution is -0.151. The zero-order valence-electron chi connectivity index (χ0n) is 12.9. The number of piperidine rings is 1. The fraction of sp³-hybridized carbons (Fsp3) is 0.933. The minimum atomic E-state index is -0.0881. The summed E-state index contributed by atoms with van der Waals surface area (Å²) in [7, 11) is 0. The summed E-state index contributed by atoms with van der Waals surface area (Å²) >= 11 is 0. The van der Waals surface area contributed by atoms with Crippen LogP contribution < -0.4 is 5.32 Å². The van der Waals surface area contributed by atoms with Gasteiger partial charge >= 0.3 is 5.97 Å². The van der Waals surface area contributed by atoms with Crippen molar-refractivity contribution in [2.75, 3.05) is 26.2 Å². The highest BCUT2D eigenvalue weighted by molar-refractivity contribution is 5.75. The highest BCUT2D eigenvalue weighted by Gasteiger charge is 2.29. The molecule has 1 aliphatic rings. The van der Waals surface area contributed by atoms with E-state index >= 15 is 0 Å². The van der Waals surface area contributed by atoms with Crippen LogP contribution in [0, 0.1) is 5.92 Å². The maximum atomic E-state index is 12.1. The molecule has 1 rings (SSSR count). The van der Waals surface area contributed by atoms with Gasteiger partial charge in [0.05, 0.1) is 6.61 Å². The van der Waals surface area contributed by atoms with Gasteiger partial charge in [0.15, 0.2) is 0 Å². The zero-order valence-corrected chi connectivity index (χ0v) is 12.9. The molecule has 4 nitrogen and oxygen atoms in total. The Bertz CT molecular complexity index is 263. The molecule has 0 aromatic rings. The maximum absolute atomic E-state index is 12.1. The lowest BCUT2D eigenvalue weighted by Gasteiger charge is -2.36. The summed E-state index contributed by atoms with van der Waals surface area (Å²) in [4.78, 5) is 14.4. The average molecular weight is 270 g/mol. The molecule has 0 saturated carbocycles. The van der Waals surface area contributed by atoms with Crippen molar-refractivity contribution in [1.29, 1.82) is 0 Å². The smallest absolute Gasteiger partial charge is 0.323 e. The average Bonchev–Trinajstić information content (AvgIpc) is 2.40. The number of carbonyl (C=O) groups is 1. The summed E-state index contributed by atoms with van der Waals surface area (Å²) in [6.07, 6.45) is 3.24. The Kier molecular flexibility index (Phi) is 7.39. The van der Waals surface area contributed by atoms with Crippen LogP contribution in [0.4, 0.5) is 0 Å². The molecule has 0 amide bonds. The van der Waals surface area contributed by atoms with E-state index in [-0.39, 0.29) is 12.0 Å². The quantitative estimate of drug-likeness (QED) is 0.719. The summed E-state index contributed by atoms with van der Waals surface area (Å²) in [5.41, 5.74) is 0. The molecule has 0 radical (unpaired) electrons. The van der Waals surface area contributed by atoms with E-state index in [1.165, 1.54) is 12.8 Å². The Morgan fingerprint density at radius 3 is 2.42 bits per heavy atom. The van der Waals surface area contributed by atoms with Gasteiger partial charge in [-0.15, -0.1) is 0 Å². The first kappa shape index (κ1) is 16.4. The number of nitrogens with one attached hydrogen (secondary N) is 1. The molecule has 1 N–H and O–H groups in total. The van der Waals surface area contributed by atoms with Crippen molar-refractivity contribution < 1.29 is 9.53 Å². The fourth-order valence-corrected chi connectivity index (χ4v) is 2.84. The van der Waals surface area contributed by atoms with Gasteiger partial charge in [-0.1, -0.05) is 6.92 Å². The SMILES string of the molecule is CCOC(=O)C(CC)N(CC1CCNCC1)C(C)C. The molecule has 0 bridgehead atoms. The summed E-state index contributed by atoms with van der Waals surface area (Å²) in [6, 6.07) is 0.291. The molecule has 0 aromatic carbocycles. The predicted octanol–water partition coefficient (Wildman–Crippen LogP) is 2.04. The number of carbonyl (C=O) groups excluding carboxylic acids is 1. The zero-order chi connectivity index (χ0) is 14.3. The molecule has 19 heavy (non-hydrogen) atoms. The fourth-order valence-electron chi connectivity index (χ4n) is 2.84. The van der Waals surface area contributed by atoms with Crippen molar-refractivity contribution >= 4 is 5.97 Å². The standard InChI is InChI=1S/C15H30N2O2/c1-5-14(15(18)19-6-2)17(12(3)4)11-13-7-9-16-10-8-13/h12-14,16H,5-11H2,1-4H3. The van der Waals surface area contributed by atoms with Crippen molar-refractivity contribution in [2.45, 2.75) is 59.0 Å². The second kappa shape index (κ2) is 8.54. The largest absolute Gasteiger partial charge is 0.465 e. The van der Waals surface area contributed by atoms with Crippen molar-refractivity contribution in [3.05, 3.63) is 0 Å². The summed E-state index contributed by atoms with van der Waals surface area (Å²) in [5, 5.41) is 3.39. The van der Waals surface area contributed by atoms with E-state index in [4.69, 9.17) is 4.74 Å². The number of nitrogens with zero attached hydrogens (tertiary/aromatic N) is 1. The van der Waals surface area contributed by atoms with Crippen LogP contribution in [-0.2, 0) is 9.53 Å². The Morgan fingerprint density at radius 1 is 1.32 bits per heavy atom. The van der Waals surface area contributed by atoms with Crippen LogP contribution in [0.5, 0.6) is 0 Å². The number of esters is 1. The van der Waals surface area contributed by atoms with Crippen LogP contribution in [0.3, 0.4) is 0 Å². The molecule has 4 heteroatoms. The van der Waals surface area contributed by atoms with Crippen LogP contribution in [0.2, 0.25) is 0 Å². The summed E-state index contributed by atoms with van der Waals surface area (Å²) < 4.78 is 5.22. The summed E-state index contributed by atoms with van der Waals surface area (Å²) in [6.45, 7) is 12.0. The van der Waals surface area contributed by atoms with Crippen LogP contribution in [0.1, 0.15) is 47.0 Å². The van der Waals surface area contributed by atoms with Gasteiger partial charge in [0.1, 0.15) is 6.04 Å². The Hall–Kier alpha value is -0.610. The van der Waals surface area contributed by atoms with Gasteiger partial charge < -0.3 is 10.1 Å². The van der Waals surface area contributed by atoms with E-state index in [2.05, 4.69) is 31.0 Å². The van der Waals surface area contributed by atoms with Gasteiger partial charge in [0.2, 0.25) is 0 Å². The van der Waals surface area contributed by atoms with Crippen molar-refractivity contribution in [1.82, 2.24) is 10.2 Å². The van der Waals surface area contributed by atoms with Crippen LogP contribution in [-0.4, -0.2) is 49.2 Å². The second-order valence-electron chi connectivity index (χ2n) is 5.66. The molecule has 1 heterocycles. The third-order valence-corrected chi connectivity index (χ3v) is 3.94. The monoisotopic (exact) mass is 270 g/mol. The van der Waals surface area contributed by atoms with Crippen LogP contribution in [0.15, 0.2) is 0 Å².